The lowest BCUT2D eigenvalue weighted by Gasteiger charge is -2.35. The summed E-state index contributed by atoms with van der Waals surface area (Å²) >= 11 is 1.65. The second-order valence-electron chi connectivity index (χ2n) is 9.12. The van der Waals surface area contributed by atoms with Gasteiger partial charge in [0, 0.05) is 62.7 Å². The number of likely N-dealkylation sites (tertiary alicyclic amines) is 1. The highest BCUT2D eigenvalue weighted by atomic mass is 32.2. The predicted molar refractivity (Wildman–Crippen MR) is 126 cm³/mol. The summed E-state index contributed by atoms with van der Waals surface area (Å²) in [6.45, 7) is 3.93. The fourth-order valence-electron chi connectivity index (χ4n) is 4.98. The minimum Gasteiger partial charge on any atom is -0.340 e. The van der Waals surface area contributed by atoms with Gasteiger partial charge in [-0.1, -0.05) is 30.3 Å². The standard InChI is InChI=1S/C23H28N4O4S2/c28-21-12-18(13-27(21)20-6-11-33(30,31)16-20)23(29)26-9-7-25(8-10-26)14-19-15-32-22(24-19)17-4-2-1-3-5-17/h1-5,15,18,20H,6-14,16H2. The number of benzene rings is 1. The SMILES string of the molecule is O=C(C1CC(=O)N(C2CCS(=O)(=O)C2)C1)N1CCN(Cc2csc(-c3ccccc3)n2)CC1. The number of carbonyl (C=O) groups is 2. The average molecular weight is 489 g/mol. The fraction of sp³-hybridized carbons (Fsp3) is 0.522. The molecule has 0 saturated carbocycles. The maximum Gasteiger partial charge on any atom is 0.228 e. The number of amides is 2. The van der Waals surface area contributed by atoms with E-state index in [-0.39, 0.29) is 41.7 Å². The number of hydrogen-bond donors (Lipinski definition) is 0. The molecule has 0 N–H and O–H groups in total. The zero-order chi connectivity index (χ0) is 23.0. The van der Waals surface area contributed by atoms with Gasteiger partial charge in [-0.05, 0) is 6.42 Å². The van der Waals surface area contributed by atoms with E-state index in [1.165, 1.54) is 0 Å². The van der Waals surface area contributed by atoms with Crippen molar-refractivity contribution in [2.24, 2.45) is 5.92 Å². The molecule has 2 unspecified atom stereocenters. The molecule has 10 heteroatoms. The lowest BCUT2D eigenvalue weighted by Crippen LogP contribution is -2.50. The number of piperazine rings is 1. The van der Waals surface area contributed by atoms with Crippen LogP contribution in [-0.4, -0.2) is 90.2 Å². The van der Waals surface area contributed by atoms with Crippen molar-refractivity contribution in [3.8, 4) is 10.6 Å². The molecule has 1 aromatic carbocycles. The molecule has 0 spiro atoms. The van der Waals surface area contributed by atoms with E-state index in [1.807, 2.05) is 23.1 Å². The largest absolute Gasteiger partial charge is 0.340 e. The molecule has 1 aromatic heterocycles. The van der Waals surface area contributed by atoms with Gasteiger partial charge in [0.2, 0.25) is 11.8 Å². The van der Waals surface area contributed by atoms with Crippen molar-refractivity contribution < 1.29 is 18.0 Å². The Kier molecular flexibility index (Phi) is 6.24. The van der Waals surface area contributed by atoms with Crippen LogP contribution in [0.15, 0.2) is 35.7 Å². The van der Waals surface area contributed by atoms with E-state index >= 15 is 0 Å². The first-order valence-electron chi connectivity index (χ1n) is 11.4. The van der Waals surface area contributed by atoms with E-state index < -0.39 is 9.84 Å². The van der Waals surface area contributed by atoms with Crippen LogP contribution in [0, 0.1) is 5.92 Å². The molecule has 0 aliphatic carbocycles. The zero-order valence-electron chi connectivity index (χ0n) is 18.4. The van der Waals surface area contributed by atoms with Gasteiger partial charge in [0.25, 0.3) is 0 Å². The number of nitrogens with zero attached hydrogens (tertiary/aromatic N) is 4. The number of aromatic nitrogens is 1. The molecule has 5 rings (SSSR count). The van der Waals surface area contributed by atoms with Gasteiger partial charge in [-0.3, -0.25) is 14.5 Å². The van der Waals surface area contributed by atoms with Gasteiger partial charge in [-0.2, -0.15) is 0 Å². The number of sulfone groups is 1. The predicted octanol–water partition coefficient (Wildman–Crippen LogP) is 1.49. The summed E-state index contributed by atoms with van der Waals surface area (Å²) < 4.78 is 23.6. The smallest absolute Gasteiger partial charge is 0.228 e. The highest BCUT2D eigenvalue weighted by Gasteiger charge is 2.43. The van der Waals surface area contributed by atoms with E-state index in [2.05, 4.69) is 22.4 Å². The van der Waals surface area contributed by atoms with Gasteiger partial charge in [-0.15, -0.1) is 11.3 Å². The second-order valence-corrected chi connectivity index (χ2v) is 12.2. The van der Waals surface area contributed by atoms with Crippen molar-refractivity contribution in [2.45, 2.75) is 25.4 Å². The summed E-state index contributed by atoms with van der Waals surface area (Å²) in [6.07, 6.45) is 0.674. The molecule has 3 aliphatic rings. The highest BCUT2D eigenvalue weighted by molar-refractivity contribution is 7.91. The first-order valence-corrected chi connectivity index (χ1v) is 14.1. The van der Waals surface area contributed by atoms with E-state index in [1.54, 1.807) is 16.2 Å². The Hall–Kier alpha value is -2.30. The van der Waals surface area contributed by atoms with Gasteiger partial charge < -0.3 is 9.80 Å². The summed E-state index contributed by atoms with van der Waals surface area (Å²) in [5.41, 5.74) is 2.17. The van der Waals surface area contributed by atoms with Crippen molar-refractivity contribution in [1.29, 1.82) is 0 Å². The van der Waals surface area contributed by atoms with Gasteiger partial charge in [0.15, 0.2) is 9.84 Å². The summed E-state index contributed by atoms with van der Waals surface area (Å²) in [6, 6.07) is 9.88. The van der Waals surface area contributed by atoms with Gasteiger partial charge in [0.1, 0.15) is 5.01 Å². The maximum absolute atomic E-state index is 13.1. The van der Waals surface area contributed by atoms with E-state index in [9.17, 15) is 18.0 Å². The van der Waals surface area contributed by atoms with Crippen molar-refractivity contribution in [3.05, 3.63) is 41.4 Å². The third-order valence-electron chi connectivity index (χ3n) is 6.80. The number of hydrogen-bond acceptors (Lipinski definition) is 7. The Balaban J connectivity index is 1.12. The Labute approximate surface area is 198 Å². The zero-order valence-corrected chi connectivity index (χ0v) is 20.1. The molecule has 4 heterocycles. The van der Waals surface area contributed by atoms with Gasteiger partial charge in [-0.25, -0.2) is 13.4 Å². The molecule has 2 atom stereocenters. The first-order chi connectivity index (χ1) is 15.9. The molecule has 8 nitrogen and oxygen atoms in total. The Morgan fingerprint density at radius 2 is 1.88 bits per heavy atom. The molecule has 3 saturated heterocycles. The lowest BCUT2D eigenvalue weighted by atomic mass is 10.1. The van der Waals surface area contributed by atoms with Crippen LogP contribution >= 0.6 is 11.3 Å². The number of carbonyl (C=O) groups excluding carboxylic acids is 2. The van der Waals surface area contributed by atoms with Crippen LogP contribution in [-0.2, 0) is 26.0 Å². The van der Waals surface area contributed by atoms with Crippen molar-refractivity contribution in [2.75, 3.05) is 44.2 Å². The molecule has 3 aliphatic heterocycles. The normalized spacial score (nSPS) is 25.6. The molecule has 33 heavy (non-hydrogen) atoms. The van der Waals surface area contributed by atoms with E-state index in [0.717, 1.165) is 35.9 Å². The Morgan fingerprint density at radius 3 is 2.58 bits per heavy atom. The Bertz CT molecular complexity index is 1130. The quantitative estimate of drug-likeness (QED) is 0.633. The highest BCUT2D eigenvalue weighted by Crippen LogP contribution is 2.28. The molecular weight excluding hydrogens is 460 g/mol. The third kappa shape index (κ3) is 4.97. The van der Waals surface area contributed by atoms with Crippen LogP contribution in [0.2, 0.25) is 0 Å². The van der Waals surface area contributed by atoms with E-state index in [4.69, 9.17) is 4.98 Å². The van der Waals surface area contributed by atoms with Gasteiger partial charge in [0.05, 0.1) is 23.1 Å². The number of thiazole rings is 1. The van der Waals surface area contributed by atoms with Crippen LogP contribution < -0.4 is 0 Å². The van der Waals surface area contributed by atoms with Gasteiger partial charge >= 0.3 is 0 Å². The molecule has 176 valence electrons. The minimum atomic E-state index is -3.06. The molecule has 0 bridgehead atoms. The summed E-state index contributed by atoms with van der Waals surface area (Å²) in [5, 5.41) is 3.12. The minimum absolute atomic E-state index is 0.0198. The van der Waals surface area contributed by atoms with Crippen LogP contribution in [0.25, 0.3) is 10.6 Å². The lowest BCUT2D eigenvalue weighted by molar-refractivity contribution is -0.137. The molecule has 0 radical (unpaired) electrons. The fourth-order valence-corrected chi connectivity index (χ4v) is 7.53. The first kappa shape index (κ1) is 22.5. The summed E-state index contributed by atoms with van der Waals surface area (Å²) in [7, 11) is -3.06. The molecule has 3 fully saturated rings. The Morgan fingerprint density at radius 1 is 1.12 bits per heavy atom. The van der Waals surface area contributed by atoms with Crippen LogP contribution in [0.1, 0.15) is 18.5 Å². The van der Waals surface area contributed by atoms with Crippen molar-refractivity contribution in [1.82, 2.24) is 19.7 Å². The van der Waals surface area contributed by atoms with Crippen LogP contribution in [0.4, 0.5) is 0 Å². The molecular formula is C23H28N4O4S2. The van der Waals surface area contributed by atoms with Crippen molar-refractivity contribution >= 4 is 33.0 Å². The summed E-state index contributed by atoms with van der Waals surface area (Å²) in [5.74, 6) is -0.271. The molecule has 2 aromatic rings. The van der Waals surface area contributed by atoms with Crippen LogP contribution in [0.3, 0.4) is 0 Å². The number of rotatable bonds is 5. The van der Waals surface area contributed by atoms with Crippen LogP contribution in [0.5, 0.6) is 0 Å². The average Bonchev–Trinajstić information content (AvgIpc) is 3.53. The topological polar surface area (TPSA) is 90.9 Å². The molecule has 2 amide bonds. The monoisotopic (exact) mass is 488 g/mol. The maximum atomic E-state index is 13.1. The van der Waals surface area contributed by atoms with E-state index in [0.29, 0.717) is 26.1 Å². The second kappa shape index (κ2) is 9.15. The summed E-state index contributed by atoms with van der Waals surface area (Å²) in [4.78, 5) is 36.1. The van der Waals surface area contributed by atoms with Crippen molar-refractivity contribution in [3.63, 3.8) is 0 Å². The third-order valence-corrected chi connectivity index (χ3v) is 9.49.